The summed E-state index contributed by atoms with van der Waals surface area (Å²) >= 11 is 1.67. The van der Waals surface area contributed by atoms with Crippen molar-refractivity contribution >= 4 is 11.3 Å². The number of aliphatic hydroxyl groups is 1. The molecule has 1 atom stereocenters. The van der Waals surface area contributed by atoms with Gasteiger partial charge in [-0.2, -0.15) is 0 Å². The number of rotatable bonds is 5. The minimum Gasteiger partial charge on any atom is -0.493 e. The summed E-state index contributed by atoms with van der Waals surface area (Å²) in [6, 6.07) is 5.81. The highest BCUT2D eigenvalue weighted by Gasteiger charge is 2.06. The van der Waals surface area contributed by atoms with Gasteiger partial charge in [-0.25, -0.2) is 4.98 Å². The Morgan fingerprint density at radius 2 is 2.16 bits per heavy atom. The van der Waals surface area contributed by atoms with E-state index in [2.05, 4.69) is 4.98 Å². The number of hydrogen-bond acceptors (Lipinski definition) is 4. The second-order valence-electron chi connectivity index (χ2n) is 4.66. The van der Waals surface area contributed by atoms with Crippen molar-refractivity contribution in [2.45, 2.75) is 33.3 Å². The van der Waals surface area contributed by atoms with Crippen LogP contribution in [0.2, 0.25) is 0 Å². The van der Waals surface area contributed by atoms with Crippen LogP contribution in [-0.4, -0.2) is 16.7 Å². The largest absolute Gasteiger partial charge is 0.493 e. The van der Waals surface area contributed by atoms with Gasteiger partial charge < -0.3 is 9.84 Å². The van der Waals surface area contributed by atoms with E-state index in [9.17, 15) is 5.11 Å². The lowest BCUT2D eigenvalue weighted by Crippen LogP contribution is -2.03. The van der Waals surface area contributed by atoms with Crippen LogP contribution in [0, 0.1) is 13.8 Å². The normalized spacial score (nSPS) is 12.4. The molecule has 2 aromatic rings. The Kier molecular flexibility index (Phi) is 4.56. The summed E-state index contributed by atoms with van der Waals surface area (Å²) in [5.74, 6) is 0.881. The molecule has 0 spiro atoms. The molecule has 0 unspecified atom stereocenters. The fraction of sp³-hybridized carbons (Fsp3) is 0.400. The Bertz CT molecular complexity index is 549. The van der Waals surface area contributed by atoms with Crippen LogP contribution in [0.5, 0.6) is 5.75 Å². The summed E-state index contributed by atoms with van der Waals surface area (Å²) < 4.78 is 5.80. The first kappa shape index (κ1) is 14.0. The summed E-state index contributed by atoms with van der Waals surface area (Å²) in [5, 5.41) is 9.52. The molecule has 0 amide bonds. The Morgan fingerprint density at radius 1 is 1.37 bits per heavy atom. The molecule has 0 fully saturated rings. The van der Waals surface area contributed by atoms with Crippen LogP contribution in [0.15, 0.2) is 23.7 Å². The third-order valence-corrected chi connectivity index (χ3v) is 4.11. The maximum absolute atomic E-state index is 9.52. The van der Waals surface area contributed by atoms with Crippen molar-refractivity contribution in [3.63, 3.8) is 0 Å². The number of nitrogens with zero attached hydrogens (tertiary/aromatic N) is 1. The Labute approximate surface area is 117 Å². The van der Waals surface area contributed by atoms with Gasteiger partial charge in [0.15, 0.2) is 0 Å². The number of hydrogen-bond donors (Lipinski definition) is 1. The molecule has 1 N–H and O–H groups in total. The molecule has 19 heavy (non-hydrogen) atoms. The standard InChI is InChI=1S/C15H19NO2S/c1-10-8-13(12(3)17)4-5-14(10)18-7-6-15-11(2)16-9-19-15/h4-5,8-9,12,17H,6-7H2,1-3H3/t12-/m1/s1. The van der Waals surface area contributed by atoms with Crippen molar-refractivity contribution in [2.75, 3.05) is 6.61 Å². The number of aryl methyl sites for hydroxylation is 2. The zero-order valence-corrected chi connectivity index (χ0v) is 12.3. The highest BCUT2D eigenvalue weighted by Crippen LogP contribution is 2.23. The zero-order chi connectivity index (χ0) is 13.8. The van der Waals surface area contributed by atoms with Gasteiger partial charge in [-0.3, -0.25) is 0 Å². The first-order valence-corrected chi connectivity index (χ1v) is 7.26. The molecule has 1 aromatic carbocycles. The minimum atomic E-state index is -0.437. The van der Waals surface area contributed by atoms with E-state index in [0.29, 0.717) is 6.61 Å². The van der Waals surface area contributed by atoms with Crippen molar-refractivity contribution in [1.82, 2.24) is 4.98 Å². The average molecular weight is 277 g/mol. The number of aromatic nitrogens is 1. The van der Waals surface area contributed by atoms with Crippen LogP contribution >= 0.6 is 11.3 Å². The number of thiazole rings is 1. The van der Waals surface area contributed by atoms with Gasteiger partial charge >= 0.3 is 0 Å². The van der Waals surface area contributed by atoms with Crippen LogP contribution in [0.1, 0.15) is 34.7 Å². The Balaban J connectivity index is 1.95. The number of aliphatic hydroxyl groups excluding tert-OH is 1. The number of ether oxygens (including phenoxy) is 1. The van der Waals surface area contributed by atoms with Crippen molar-refractivity contribution < 1.29 is 9.84 Å². The SMILES string of the molecule is Cc1cc([C@@H](C)O)ccc1OCCc1scnc1C. The average Bonchev–Trinajstić information content (AvgIpc) is 2.77. The maximum Gasteiger partial charge on any atom is 0.122 e. The van der Waals surface area contributed by atoms with E-state index in [1.807, 2.05) is 37.6 Å². The number of benzene rings is 1. The maximum atomic E-state index is 9.52. The van der Waals surface area contributed by atoms with E-state index in [0.717, 1.165) is 29.0 Å². The van der Waals surface area contributed by atoms with Crippen molar-refractivity contribution in [3.8, 4) is 5.75 Å². The van der Waals surface area contributed by atoms with Crippen LogP contribution in [0.25, 0.3) is 0 Å². The quantitative estimate of drug-likeness (QED) is 0.910. The van der Waals surface area contributed by atoms with Gasteiger partial charge in [0.2, 0.25) is 0 Å². The first-order chi connectivity index (χ1) is 9.08. The van der Waals surface area contributed by atoms with Gasteiger partial charge in [-0.05, 0) is 44.0 Å². The van der Waals surface area contributed by atoms with Crippen molar-refractivity contribution in [1.29, 1.82) is 0 Å². The highest BCUT2D eigenvalue weighted by molar-refractivity contribution is 7.09. The van der Waals surface area contributed by atoms with E-state index < -0.39 is 6.10 Å². The third-order valence-electron chi connectivity index (χ3n) is 3.11. The summed E-state index contributed by atoms with van der Waals surface area (Å²) in [6.45, 7) is 6.44. The van der Waals surface area contributed by atoms with Crippen LogP contribution in [0.4, 0.5) is 0 Å². The molecule has 2 rings (SSSR count). The fourth-order valence-electron chi connectivity index (χ4n) is 1.91. The lowest BCUT2D eigenvalue weighted by molar-refractivity contribution is 0.199. The molecule has 1 aromatic heterocycles. The molecule has 0 saturated carbocycles. The summed E-state index contributed by atoms with van der Waals surface area (Å²) in [5.41, 5.74) is 4.94. The molecule has 3 nitrogen and oxygen atoms in total. The fourth-order valence-corrected chi connectivity index (χ4v) is 2.68. The summed E-state index contributed by atoms with van der Waals surface area (Å²) in [7, 11) is 0. The van der Waals surface area contributed by atoms with Crippen LogP contribution in [0.3, 0.4) is 0 Å². The predicted octanol–water partition coefficient (Wildman–Crippen LogP) is 3.43. The van der Waals surface area contributed by atoms with Crippen LogP contribution in [-0.2, 0) is 6.42 Å². The second kappa shape index (κ2) is 6.17. The Morgan fingerprint density at radius 3 is 2.74 bits per heavy atom. The topological polar surface area (TPSA) is 42.4 Å². The van der Waals surface area contributed by atoms with Gasteiger partial charge in [0, 0.05) is 11.3 Å². The molecule has 4 heteroatoms. The summed E-state index contributed by atoms with van der Waals surface area (Å²) in [6.07, 6.45) is 0.446. The molecular formula is C15H19NO2S. The predicted molar refractivity (Wildman–Crippen MR) is 77.9 cm³/mol. The van der Waals surface area contributed by atoms with Crippen LogP contribution < -0.4 is 4.74 Å². The van der Waals surface area contributed by atoms with Crippen molar-refractivity contribution in [3.05, 3.63) is 45.4 Å². The summed E-state index contributed by atoms with van der Waals surface area (Å²) in [4.78, 5) is 5.50. The highest BCUT2D eigenvalue weighted by atomic mass is 32.1. The first-order valence-electron chi connectivity index (χ1n) is 6.38. The smallest absolute Gasteiger partial charge is 0.122 e. The van der Waals surface area contributed by atoms with Gasteiger partial charge in [-0.1, -0.05) is 6.07 Å². The minimum absolute atomic E-state index is 0.437. The van der Waals surface area contributed by atoms with Gasteiger partial charge in [0.1, 0.15) is 5.75 Å². The van der Waals surface area contributed by atoms with E-state index in [4.69, 9.17) is 4.74 Å². The van der Waals surface area contributed by atoms with Gasteiger partial charge in [-0.15, -0.1) is 11.3 Å². The molecule has 102 valence electrons. The molecule has 0 aliphatic heterocycles. The van der Waals surface area contributed by atoms with E-state index in [1.54, 1.807) is 18.3 Å². The molecule has 0 radical (unpaired) electrons. The van der Waals surface area contributed by atoms with E-state index in [-0.39, 0.29) is 0 Å². The molecule has 0 aliphatic carbocycles. The lowest BCUT2D eigenvalue weighted by atomic mass is 10.1. The monoisotopic (exact) mass is 277 g/mol. The van der Waals surface area contributed by atoms with Gasteiger partial charge in [0.25, 0.3) is 0 Å². The molecule has 0 bridgehead atoms. The zero-order valence-electron chi connectivity index (χ0n) is 11.5. The molecule has 1 heterocycles. The van der Waals surface area contributed by atoms with Gasteiger partial charge in [0.05, 0.1) is 23.9 Å². The second-order valence-corrected chi connectivity index (χ2v) is 5.60. The molecule has 0 aliphatic rings. The van der Waals surface area contributed by atoms with E-state index >= 15 is 0 Å². The molecular weight excluding hydrogens is 258 g/mol. The lowest BCUT2D eigenvalue weighted by Gasteiger charge is -2.11. The Hall–Kier alpha value is -1.39. The van der Waals surface area contributed by atoms with Crippen molar-refractivity contribution in [2.24, 2.45) is 0 Å². The molecule has 0 saturated heterocycles. The third kappa shape index (κ3) is 3.55. The van der Waals surface area contributed by atoms with E-state index in [1.165, 1.54) is 4.88 Å².